The quantitative estimate of drug-likeness (QED) is 0.596. The Morgan fingerprint density at radius 2 is 1.67 bits per heavy atom. The lowest BCUT2D eigenvalue weighted by molar-refractivity contribution is -0.123. The number of hydrogen-bond acceptors (Lipinski definition) is 7. The Labute approximate surface area is 195 Å². The van der Waals surface area contributed by atoms with E-state index in [2.05, 4.69) is 4.72 Å². The molecule has 1 unspecified atom stereocenters. The molecule has 0 aliphatic carbocycles. The molecule has 11 heteroatoms. The van der Waals surface area contributed by atoms with Crippen LogP contribution in [0, 0.1) is 5.41 Å². The van der Waals surface area contributed by atoms with Crippen LogP contribution in [0.25, 0.3) is 0 Å². The minimum Gasteiger partial charge on any atom is -0.497 e. The molecular formula is C22H29N3O6S2. The molecule has 1 aliphatic rings. The van der Waals surface area contributed by atoms with Crippen LogP contribution in [0.1, 0.15) is 25.5 Å². The summed E-state index contributed by atoms with van der Waals surface area (Å²) in [4.78, 5) is 14.4. The van der Waals surface area contributed by atoms with Crippen molar-refractivity contribution in [1.82, 2.24) is 9.62 Å². The SMILES string of the molecule is COc1ccc(C(CNS(=O)(=O)c2ccc(N3C(=O)C(C)(C)CS3(=O)=O)cc2)N(C)C)cc1. The van der Waals surface area contributed by atoms with Crippen molar-refractivity contribution in [3.8, 4) is 5.75 Å². The van der Waals surface area contributed by atoms with Gasteiger partial charge in [-0.25, -0.2) is 25.9 Å². The minimum absolute atomic E-state index is 0.0261. The van der Waals surface area contributed by atoms with Crippen LogP contribution < -0.4 is 13.8 Å². The minimum atomic E-state index is -3.87. The van der Waals surface area contributed by atoms with Crippen LogP contribution in [-0.2, 0) is 24.8 Å². The molecule has 1 N–H and O–H groups in total. The Hall–Kier alpha value is -2.47. The number of benzene rings is 2. The van der Waals surface area contributed by atoms with Gasteiger partial charge in [0.05, 0.1) is 28.9 Å². The fourth-order valence-corrected chi connectivity index (χ4v) is 6.86. The van der Waals surface area contributed by atoms with Gasteiger partial charge in [-0.1, -0.05) is 12.1 Å². The molecule has 0 spiro atoms. The third-order valence-corrected chi connectivity index (χ3v) is 9.02. The van der Waals surface area contributed by atoms with Gasteiger partial charge in [-0.15, -0.1) is 0 Å². The fourth-order valence-electron chi connectivity index (χ4n) is 3.72. The van der Waals surface area contributed by atoms with Crippen LogP contribution in [0.5, 0.6) is 5.75 Å². The molecule has 0 bridgehead atoms. The van der Waals surface area contributed by atoms with Gasteiger partial charge in [-0.05, 0) is 69.9 Å². The number of methoxy groups -OCH3 is 1. The summed E-state index contributed by atoms with van der Waals surface area (Å²) in [6.07, 6.45) is 0. The maximum atomic E-state index is 12.9. The summed E-state index contributed by atoms with van der Waals surface area (Å²) in [6.45, 7) is 3.26. The second-order valence-electron chi connectivity index (χ2n) is 8.81. The molecule has 0 radical (unpaired) electrons. The summed E-state index contributed by atoms with van der Waals surface area (Å²) < 4.78 is 59.2. The van der Waals surface area contributed by atoms with Gasteiger partial charge in [0.15, 0.2) is 0 Å². The maximum absolute atomic E-state index is 12.9. The Bertz CT molecular complexity index is 1220. The van der Waals surface area contributed by atoms with Crippen molar-refractivity contribution in [1.29, 1.82) is 0 Å². The third kappa shape index (κ3) is 5.21. The number of rotatable bonds is 8. The molecule has 180 valence electrons. The summed E-state index contributed by atoms with van der Waals surface area (Å²) >= 11 is 0. The van der Waals surface area contributed by atoms with Crippen LogP contribution in [0.4, 0.5) is 5.69 Å². The van der Waals surface area contributed by atoms with Gasteiger partial charge in [-0.2, -0.15) is 0 Å². The zero-order valence-electron chi connectivity index (χ0n) is 19.3. The van der Waals surface area contributed by atoms with Gasteiger partial charge >= 0.3 is 0 Å². The van der Waals surface area contributed by atoms with E-state index in [1.54, 1.807) is 21.0 Å². The van der Waals surface area contributed by atoms with E-state index in [1.807, 2.05) is 43.3 Å². The second kappa shape index (κ2) is 9.05. The summed E-state index contributed by atoms with van der Waals surface area (Å²) in [7, 11) is -2.39. The number of carbonyl (C=O) groups excluding carboxylic acids is 1. The van der Waals surface area contributed by atoms with Crippen molar-refractivity contribution in [3.63, 3.8) is 0 Å². The smallest absolute Gasteiger partial charge is 0.247 e. The van der Waals surface area contributed by atoms with E-state index < -0.39 is 31.4 Å². The highest BCUT2D eigenvalue weighted by Crippen LogP contribution is 2.36. The zero-order valence-corrected chi connectivity index (χ0v) is 20.9. The summed E-state index contributed by atoms with van der Waals surface area (Å²) in [5.41, 5.74) is 0.00137. The Morgan fingerprint density at radius 1 is 1.09 bits per heavy atom. The Morgan fingerprint density at radius 3 is 2.12 bits per heavy atom. The highest BCUT2D eigenvalue weighted by Gasteiger charge is 2.49. The van der Waals surface area contributed by atoms with Gasteiger partial charge < -0.3 is 9.64 Å². The first-order chi connectivity index (χ1) is 15.3. The van der Waals surface area contributed by atoms with E-state index in [4.69, 9.17) is 4.74 Å². The molecule has 1 saturated heterocycles. The largest absolute Gasteiger partial charge is 0.497 e. The molecule has 1 fully saturated rings. The van der Waals surface area contributed by atoms with Crippen molar-refractivity contribution in [2.24, 2.45) is 5.41 Å². The van der Waals surface area contributed by atoms with Gasteiger partial charge in [0.2, 0.25) is 26.0 Å². The average molecular weight is 496 g/mol. The van der Waals surface area contributed by atoms with E-state index in [0.717, 1.165) is 9.87 Å². The van der Waals surface area contributed by atoms with Crippen LogP contribution in [-0.4, -0.2) is 61.1 Å². The number of hydrogen-bond donors (Lipinski definition) is 1. The molecule has 2 aromatic rings. The highest BCUT2D eigenvalue weighted by atomic mass is 32.2. The lowest BCUT2D eigenvalue weighted by Crippen LogP contribution is -2.34. The second-order valence-corrected chi connectivity index (χ2v) is 12.4. The molecule has 3 rings (SSSR count). The molecular weight excluding hydrogens is 466 g/mol. The lowest BCUT2D eigenvalue weighted by Gasteiger charge is -2.25. The normalized spacial score (nSPS) is 18.5. The first kappa shape index (κ1) is 25.2. The zero-order chi connectivity index (χ0) is 24.6. The predicted molar refractivity (Wildman–Crippen MR) is 126 cm³/mol. The van der Waals surface area contributed by atoms with E-state index in [9.17, 15) is 21.6 Å². The number of amides is 1. The van der Waals surface area contributed by atoms with E-state index in [-0.39, 0.29) is 28.9 Å². The van der Waals surface area contributed by atoms with E-state index in [1.165, 1.54) is 24.3 Å². The number of nitrogens with zero attached hydrogens (tertiary/aromatic N) is 2. The van der Waals surface area contributed by atoms with Gasteiger partial charge in [0.25, 0.3) is 0 Å². The Balaban J connectivity index is 1.78. The number of ether oxygens (including phenoxy) is 1. The number of likely N-dealkylation sites (N-methyl/N-ethyl adjacent to an activating group) is 1. The van der Waals surface area contributed by atoms with Crippen LogP contribution in [0.2, 0.25) is 0 Å². The fraction of sp³-hybridized carbons (Fsp3) is 0.409. The van der Waals surface area contributed by atoms with Crippen molar-refractivity contribution >= 4 is 31.6 Å². The molecule has 9 nitrogen and oxygen atoms in total. The molecule has 33 heavy (non-hydrogen) atoms. The van der Waals surface area contributed by atoms with Crippen LogP contribution in [0.15, 0.2) is 53.4 Å². The molecule has 0 saturated carbocycles. The standard InChI is InChI=1S/C22H29N3O6S2/c1-22(2)15-32(27,28)25(21(22)26)17-8-12-19(13-9-17)33(29,30)23-14-20(24(3)4)16-6-10-18(31-5)11-7-16/h6-13,20,23H,14-15H2,1-5H3. The van der Waals surface area contributed by atoms with Crippen LogP contribution >= 0.6 is 0 Å². The first-order valence-corrected chi connectivity index (χ1v) is 13.4. The number of anilines is 1. The van der Waals surface area contributed by atoms with Crippen LogP contribution in [0.3, 0.4) is 0 Å². The van der Waals surface area contributed by atoms with Crippen molar-refractivity contribution in [3.05, 3.63) is 54.1 Å². The number of carbonyl (C=O) groups is 1. The van der Waals surface area contributed by atoms with Gasteiger partial charge in [-0.3, -0.25) is 4.79 Å². The first-order valence-electron chi connectivity index (χ1n) is 10.3. The van der Waals surface area contributed by atoms with Crippen molar-refractivity contribution in [2.45, 2.75) is 24.8 Å². The summed E-state index contributed by atoms with van der Waals surface area (Å²) in [5.74, 6) is -0.124. The maximum Gasteiger partial charge on any atom is 0.247 e. The lowest BCUT2D eigenvalue weighted by atomic mass is 9.95. The van der Waals surface area contributed by atoms with E-state index in [0.29, 0.717) is 5.75 Å². The van der Waals surface area contributed by atoms with Gasteiger partial charge in [0.1, 0.15) is 5.75 Å². The summed E-state index contributed by atoms with van der Waals surface area (Å²) in [6, 6.07) is 12.4. The molecule has 1 amide bonds. The molecule has 1 aliphatic heterocycles. The van der Waals surface area contributed by atoms with Crippen molar-refractivity contribution in [2.75, 3.05) is 37.8 Å². The highest BCUT2D eigenvalue weighted by molar-refractivity contribution is 7.94. The number of sulfonamides is 2. The number of nitrogens with one attached hydrogen (secondary N) is 1. The molecule has 1 heterocycles. The van der Waals surface area contributed by atoms with E-state index >= 15 is 0 Å². The molecule has 2 aromatic carbocycles. The topological polar surface area (TPSA) is 113 Å². The average Bonchev–Trinajstić information content (AvgIpc) is 2.90. The molecule has 1 atom stereocenters. The monoisotopic (exact) mass is 495 g/mol. The predicted octanol–water partition coefficient (Wildman–Crippen LogP) is 1.98. The summed E-state index contributed by atoms with van der Waals surface area (Å²) in [5, 5.41) is 0. The van der Waals surface area contributed by atoms with Crippen molar-refractivity contribution < 1.29 is 26.4 Å². The Kier molecular flexibility index (Phi) is 6.90. The van der Waals surface area contributed by atoms with Gasteiger partial charge in [0, 0.05) is 12.6 Å². The molecule has 0 aromatic heterocycles. The third-order valence-electron chi connectivity index (χ3n) is 5.56.